The number of imidazole rings is 1. The first-order chi connectivity index (χ1) is 14.8. The van der Waals surface area contributed by atoms with Gasteiger partial charge in [0.2, 0.25) is 0 Å². The summed E-state index contributed by atoms with van der Waals surface area (Å²) in [5.74, 6) is 0.109. The summed E-state index contributed by atoms with van der Waals surface area (Å²) in [5, 5.41) is 4.36. The normalized spacial score (nSPS) is 11.9. The van der Waals surface area contributed by atoms with Crippen LogP contribution in [0.5, 0.6) is 0 Å². The lowest BCUT2D eigenvalue weighted by Gasteiger charge is -2.05. The van der Waals surface area contributed by atoms with Crippen LogP contribution in [-0.2, 0) is 6.18 Å². The fraction of sp³-hybridized carbons (Fsp3) is 0.0455. The van der Waals surface area contributed by atoms with Gasteiger partial charge in [0.05, 0.1) is 27.8 Å². The molecule has 0 aliphatic rings. The molecule has 5 nitrogen and oxygen atoms in total. The molecule has 1 amide bonds. The van der Waals surface area contributed by atoms with Gasteiger partial charge in [0.15, 0.2) is 0 Å². The Bertz CT molecular complexity index is 1280. The van der Waals surface area contributed by atoms with E-state index < -0.39 is 17.6 Å². The molecule has 0 unspecified atom stereocenters. The van der Waals surface area contributed by atoms with Gasteiger partial charge in [-0.15, -0.1) is 0 Å². The van der Waals surface area contributed by atoms with Crippen molar-refractivity contribution in [3.63, 3.8) is 0 Å². The molecular weight excluding hydrogens is 429 g/mol. The summed E-state index contributed by atoms with van der Waals surface area (Å²) >= 11 is 6.21. The number of aromatic nitrogens is 2. The molecule has 0 spiro atoms. The zero-order valence-corrected chi connectivity index (χ0v) is 16.5. The molecule has 156 valence electrons. The van der Waals surface area contributed by atoms with Gasteiger partial charge < -0.3 is 4.98 Å². The number of fused-ring (bicyclic) bond motifs is 1. The summed E-state index contributed by atoms with van der Waals surface area (Å²) in [4.78, 5) is 20.0. The van der Waals surface area contributed by atoms with Crippen LogP contribution < -0.4 is 5.43 Å². The molecule has 0 bridgehead atoms. The van der Waals surface area contributed by atoms with Crippen LogP contribution in [0.3, 0.4) is 0 Å². The van der Waals surface area contributed by atoms with Crippen LogP contribution in [0.15, 0.2) is 71.8 Å². The second kappa shape index (κ2) is 8.23. The van der Waals surface area contributed by atoms with Gasteiger partial charge in [0.25, 0.3) is 5.91 Å². The van der Waals surface area contributed by atoms with E-state index in [1.165, 1.54) is 18.3 Å². The van der Waals surface area contributed by atoms with Crippen molar-refractivity contribution in [1.29, 1.82) is 0 Å². The Hall–Kier alpha value is -3.65. The fourth-order valence-corrected chi connectivity index (χ4v) is 3.15. The standard InChI is InChI=1S/C22H14ClF3N4O/c23-17-4-2-1-3-16(17)20-28-18-10-7-14(11-19(18)29-20)21(31)30-27-12-13-5-8-15(9-6-13)22(24,25)26/h1-12H,(H,28,29)(H,30,31)/b27-12+. The summed E-state index contributed by atoms with van der Waals surface area (Å²) in [7, 11) is 0. The molecule has 0 radical (unpaired) electrons. The number of carbonyl (C=O) groups is 1. The molecule has 4 rings (SSSR count). The van der Waals surface area contributed by atoms with E-state index in [1.807, 2.05) is 18.2 Å². The molecule has 31 heavy (non-hydrogen) atoms. The van der Waals surface area contributed by atoms with Gasteiger partial charge in [-0.2, -0.15) is 18.3 Å². The maximum absolute atomic E-state index is 12.6. The molecule has 0 atom stereocenters. The highest BCUT2D eigenvalue weighted by Crippen LogP contribution is 2.29. The molecule has 2 N–H and O–H groups in total. The maximum Gasteiger partial charge on any atom is 0.416 e. The van der Waals surface area contributed by atoms with E-state index in [4.69, 9.17) is 11.6 Å². The second-order valence-corrected chi connectivity index (χ2v) is 7.02. The van der Waals surface area contributed by atoms with Gasteiger partial charge in [-0.25, -0.2) is 10.4 Å². The van der Waals surface area contributed by atoms with E-state index in [0.29, 0.717) is 33.0 Å². The van der Waals surface area contributed by atoms with Crippen molar-refractivity contribution in [2.45, 2.75) is 6.18 Å². The third-order valence-corrected chi connectivity index (χ3v) is 4.82. The van der Waals surface area contributed by atoms with Crippen LogP contribution in [0, 0.1) is 0 Å². The average Bonchev–Trinajstić information content (AvgIpc) is 3.17. The lowest BCUT2D eigenvalue weighted by atomic mass is 10.1. The Morgan fingerprint density at radius 3 is 2.52 bits per heavy atom. The van der Waals surface area contributed by atoms with Gasteiger partial charge >= 0.3 is 6.18 Å². The number of benzene rings is 3. The van der Waals surface area contributed by atoms with Crippen molar-refractivity contribution in [3.05, 3.63) is 88.4 Å². The van der Waals surface area contributed by atoms with E-state index in [9.17, 15) is 18.0 Å². The molecule has 1 aromatic heterocycles. The number of aromatic amines is 1. The van der Waals surface area contributed by atoms with Gasteiger partial charge in [-0.05, 0) is 48.0 Å². The van der Waals surface area contributed by atoms with Gasteiger partial charge in [-0.3, -0.25) is 4.79 Å². The smallest absolute Gasteiger partial charge is 0.338 e. The van der Waals surface area contributed by atoms with Crippen LogP contribution in [-0.4, -0.2) is 22.1 Å². The summed E-state index contributed by atoms with van der Waals surface area (Å²) in [5.41, 5.74) is 4.42. The number of nitrogens with zero attached hydrogens (tertiary/aromatic N) is 2. The van der Waals surface area contributed by atoms with E-state index in [2.05, 4.69) is 20.5 Å². The minimum Gasteiger partial charge on any atom is -0.338 e. The Morgan fingerprint density at radius 2 is 1.81 bits per heavy atom. The quantitative estimate of drug-likeness (QED) is 0.316. The number of carbonyl (C=O) groups excluding carboxylic acids is 1. The topological polar surface area (TPSA) is 70.1 Å². The molecule has 1 heterocycles. The largest absolute Gasteiger partial charge is 0.416 e. The van der Waals surface area contributed by atoms with Crippen LogP contribution in [0.2, 0.25) is 5.02 Å². The van der Waals surface area contributed by atoms with Crippen LogP contribution in [0.1, 0.15) is 21.5 Å². The van der Waals surface area contributed by atoms with Crippen molar-refractivity contribution in [1.82, 2.24) is 15.4 Å². The number of hydrogen-bond acceptors (Lipinski definition) is 3. The lowest BCUT2D eigenvalue weighted by Crippen LogP contribution is -2.17. The molecule has 0 aliphatic heterocycles. The SMILES string of the molecule is O=C(N/N=C/c1ccc(C(F)(F)F)cc1)c1ccc2nc(-c3ccccc3Cl)[nH]c2c1. The van der Waals surface area contributed by atoms with E-state index >= 15 is 0 Å². The zero-order chi connectivity index (χ0) is 22.0. The first-order valence-electron chi connectivity index (χ1n) is 9.06. The lowest BCUT2D eigenvalue weighted by molar-refractivity contribution is -0.137. The molecule has 9 heteroatoms. The van der Waals surface area contributed by atoms with Crippen LogP contribution >= 0.6 is 11.6 Å². The maximum atomic E-state index is 12.6. The summed E-state index contributed by atoms with van der Waals surface area (Å²) in [6, 6.07) is 16.6. The minimum atomic E-state index is -4.40. The van der Waals surface area contributed by atoms with Crippen molar-refractivity contribution >= 4 is 34.8 Å². The predicted octanol–water partition coefficient (Wildman–Crippen LogP) is 5.67. The molecule has 0 saturated carbocycles. The predicted molar refractivity (Wildman–Crippen MR) is 113 cm³/mol. The summed E-state index contributed by atoms with van der Waals surface area (Å²) < 4.78 is 37.8. The third kappa shape index (κ3) is 4.59. The highest BCUT2D eigenvalue weighted by atomic mass is 35.5. The van der Waals surface area contributed by atoms with Crippen molar-refractivity contribution < 1.29 is 18.0 Å². The summed E-state index contributed by atoms with van der Waals surface area (Å²) in [6.45, 7) is 0. The van der Waals surface area contributed by atoms with Crippen molar-refractivity contribution in [2.24, 2.45) is 5.10 Å². The number of nitrogens with one attached hydrogen (secondary N) is 2. The van der Waals surface area contributed by atoms with Crippen LogP contribution in [0.4, 0.5) is 13.2 Å². The fourth-order valence-electron chi connectivity index (χ4n) is 2.92. The highest BCUT2D eigenvalue weighted by Gasteiger charge is 2.29. The third-order valence-electron chi connectivity index (χ3n) is 4.49. The molecule has 4 aromatic rings. The van der Waals surface area contributed by atoms with Crippen molar-refractivity contribution in [3.8, 4) is 11.4 Å². The first kappa shape index (κ1) is 20.6. The van der Waals surface area contributed by atoms with Gasteiger partial charge in [0.1, 0.15) is 5.82 Å². The van der Waals surface area contributed by atoms with Crippen LogP contribution in [0.25, 0.3) is 22.4 Å². The number of rotatable bonds is 4. The summed E-state index contributed by atoms with van der Waals surface area (Å²) in [6.07, 6.45) is -3.14. The Morgan fingerprint density at radius 1 is 1.06 bits per heavy atom. The Labute approximate surface area is 179 Å². The Balaban J connectivity index is 1.48. The van der Waals surface area contributed by atoms with Gasteiger partial charge in [0, 0.05) is 11.1 Å². The highest BCUT2D eigenvalue weighted by molar-refractivity contribution is 6.33. The van der Waals surface area contributed by atoms with E-state index in [1.54, 1.807) is 24.3 Å². The Kier molecular flexibility index (Phi) is 5.48. The minimum absolute atomic E-state index is 0.339. The number of hydrazone groups is 1. The number of H-pyrrole nitrogens is 1. The molecule has 0 saturated heterocycles. The average molecular weight is 443 g/mol. The van der Waals surface area contributed by atoms with Gasteiger partial charge in [-0.1, -0.05) is 35.9 Å². The monoisotopic (exact) mass is 442 g/mol. The molecule has 0 aliphatic carbocycles. The molecule has 0 fully saturated rings. The van der Waals surface area contributed by atoms with Crippen molar-refractivity contribution in [2.75, 3.05) is 0 Å². The first-order valence-corrected chi connectivity index (χ1v) is 9.44. The van der Waals surface area contributed by atoms with E-state index in [-0.39, 0.29) is 0 Å². The number of amides is 1. The van der Waals surface area contributed by atoms with E-state index in [0.717, 1.165) is 17.7 Å². The molecular formula is C22H14ClF3N4O. The number of alkyl halides is 3. The second-order valence-electron chi connectivity index (χ2n) is 6.62. The zero-order valence-electron chi connectivity index (χ0n) is 15.7. The number of hydrogen-bond donors (Lipinski definition) is 2. The number of halogens is 4. The molecule has 3 aromatic carbocycles.